The van der Waals surface area contributed by atoms with Gasteiger partial charge in [-0.3, -0.25) is 4.68 Å². The van der Waals surface area contributed by atoms with E-state index < -0.39 is 0 Å². The number of hydrogen-bond donors (Lipinski definition) is 1. The van der Waals surface area contributed by atoms with Gasteiger partial charge in [-0.2, -0.15) is 5.10 Å². The van der Waals surface area contributed by atoms with Crippen molar-refractivity contribution in [3.8, 4) is 0 Å². The van der Waals surface area contributed by atoms with E-state index in [1.807, 2.05) is 6.20 Å². The van der Waals surface area contributed by atoms with Crippen molar-refractivity contribution in [3.63, 3.8) is 0 Å². The molecule has 5 atom stereocenters. The van der Waals surface area contributed by atoms with E-state index in [9.17, 15) is 0 Å². The molecule has 1 aromatic heterocycles. The molecule has 1 aromatic rings. The summed E-state index contributed by atoms with van der Waals surface area (Å²) in [6.07, 6.45) is 4.80. The van der Waals surface area contributed by atoms with E-state index in [-0.39, 0.29) is 6.10 Å². The quantitative estimate of drug-likeness (QED) is 0.837. The molecule has 4 nitrogen and oxygen atoms in total. The van der Waals surface area contributed by atoms with Crippen molar-refractivity contribution in [3.05, 3.63) is 18.0 Å². The number of ether oxygens (including phenoxy) is 1. The normalized spacial score (nSPS) is 30.7. The van der Waals surface area contributed by atoms with Gasteiger partial charge < -0.3 is 10.1 Å². The topological polar surface area (TPSA) is 39.1 Å². The van der Waals surface area contributed by atoms with E-state index >= 15 is 0 Å². The van der Waals surface area contributed by atoms with Crippen LogP contribution in [0.5, 0.6) is 0 Å². The Morgan fingerprint density at radius 3 is 2.57 bits per heavy atom. The first-order valence-electron chi connectivity index (χ1n) is 8.50. The molecule has 0 amide bonds. The van der Waals surface area contributed by atoms with Gasteiger partial charge in [0.05, 0.1) is 23.9 Å². The van der Waals surface area contributed by atoms with Crippen LogP contribution < -0.4 is 5.32 Å². The van der Waals surface area contributed by atoms with Crippen LogP contribution in [0.4, 0.5) is 0 Å². The Morgan fingerprint density at radius 2 is 2.00 bits per heavy atom. The fraction of sp³-hybridized carbons (Fsp3) is 0.824. The zero-order chi connectivity index (χ0) is 15.4. The first-order chi connectivity index (χ1) is 10.1. The molecule has 0 aromatic carbocycles. The molecule has 0 radical (unpaired) electrons. The summed E-state index contributed by atoms with van der Waals surface area (Å²) in [5.74, 6) is 1.05. The maximum absolute atomic E-state index is 6.08. The van der Waals surface area contributed by atoms with Gasteiger partial charge in [-0.1, -0.05) is 20.8 Å². The molecule has 1 aliphatic heterocycles. The average Bonchev–Trinajstić information content (AvgIpc) is 2.99. The summed E-state index contributed by atoms with van der Waals surface area (Å²) in [6, 6.07) is 2.50. The molecular weight excluding hydrogens is 262 g/mol. The average molecular weight is 293 g/mol. The summed E-state index contributed by atoms with van der Waals surface area (Å²) in [4.78, 5) is 0. The molecule has 2 heterocycles. The van der Waals surface area contributed by atoms with Crippen LogP contribution in [0.1, 0.15) is 59.2 Å². The highest BCUT2D eigenvalue weighted by atomic mass is 16.5. The molecule has 0 aliphatic carbocycles. The molecule has 120 valence electrons. The second-order valence-corrected chi connectivity index (χ2v) is 6.39. The van der Waals surface area contributed by atoms with Crippen LogP contribution in [-0.4, -0.2) is 28.5 Å². The minimum absolute atomic E-state index is 0.286. The Balaban J connectivity index is 2.27. The molecule has 5 unspecified atom stereocenters. The van der Waals surface area contributed by atoms with E-state index in [1.165, 1.54) is 5.69 Å². The molecular formula is C17H31N3O. The number of nitrogens with one attached hydrogen (secondary N) is 1. The van der Waals surface area contributed by atoms with E-state index in [0.717, 1.165) is 25.9 Å². The largest absolute Gasteiger partial charge is 0.375 e. The summed E-state index contributed by atoms with van der Waals surface area (Å²) < 4.78 is 8.24. The van der Waals surface area contributed by atoms with Crippen LogP contribution in [0.15, 0.2) is 12.3 Å². The third-order valence-corrected chi connectivity index (χ3v) is 4.82. The van der Waals surface area contributed by atoms with Crippen LogP contribution in [-0.2, 0) is 11.3 Å². The monoisotopic (exact) mass is 293 g/mol. The number of aryl methyl sites for hydroxylation is 1. The number of nitrogens with zero attached hydrogens (tertiary/aromatic N) is 2. The Morgan fingerprint density at radius 1 is 1.24 bits per heavy atom. The van der Waals surface area contributed by atoms with Crippen molar-refractivity contribution in [2.24, 2.45) is 11.8 Å². The van der Waals surface area contributed by atoms with Crippen LogP contribution in [0.3, 0.4) is 0 Å². The third kappa shape index (κ3) is 3.49. The molecule has 2 rings (SSSR count). The van der Waals surface area contributed by atoms with Gasteiger partial charge in [0.2, 0.25) is 0 Å². The Kier molecular flexibility index (Phi) is 5.82. The fourth-order valence-electron chi connectivity index (χ4n) is 3.61. The van der Waals surface area contributed by atoms with Crippen LogP contribution >= 0.6 is 0 Å². The molecule has 0 saturated carbocycles. The molecule has 0 spiro atoms. The summed E-state index contributed by atoms with van der Waals surface area (Å²) in [5, 5.41) is 8.26. The van der Waals surface area contributed by atoms with Crippen LogP contribution in [0.2, 0.25) is 0 Å². The van der Waals surface area contributed by atoms with Crippen molar-refractivity contribution in [2.45, 2.75) is 72.3 Å². The Labute approximate surface area is 129 Å². The maximum atomic E-state index is 6.08. The minimum Gasteiger partial charge on any atom is -0.375 e. The van der Waals surface area contributed by atoms with Gasteiger partial charge in [-0.15, -0.1) is 0 Å². The van der Waals surface area contributed by atoms with Crippen molar-refractivity contribution in [1.29, 1.82) is 0 Å². The summed E-state index contributed by atoms with van der Waals surface area (Å²) in [6.45, 7) is 13.2. The van der Waals surface area contributed by atoms with Crippen molar-refractivity contribution in [2.75, 3.05) is 6.54 Å². The number of aromatic nitrogens is 2. The highest BCUT2D eigenvalue weighted by Gasteiger charge is 2.42. The molecule has 21 heavy (non-hydrogen) atoms. The summed E-state index contributed by atoms with van der Waals surface area (Å²) in [7, 11) is 0. The standard InChI is InChI=1S/C17H31N3O/c1-6-9-18-17(15-8-10-19-20(15)11-7-2)16-12(3)13(4)21-14(16)5/h8,10,12-14,16-18H,6-7,9,11H2,1-5H3. The van der Waals surface area contributed by atoms with Gasteiger partial charge in [-0.05, 0) is 45.2 Å². The zero-order valence-corrected chi connectivity index (χ0v) is 14.2. The van der Waals surface area contributed by atoms with E-state index in [1.54, 1.807) is 0 Å². The highest BCUT2D eigenvalue weighted by molar-refractivity contribution is 5.11. The lowest BCUT2D eigenvalue weighted by Crippen LogP contribution is -2.36. The molecule has 1 saturated heterocycles. The first-order valence-corrected chi connectivity index (χ1v) is 8.50. The van der Waals surface area contributed by atoms with Crippen molar-refractivity contribution >= 4 is 0 Å². The lowest BCUT2D eigenvalue weighted by molar-refractivity contribution is 0.0471. The summed E-state index contributed by atoms with van der Waals surface area (Å²) in [5.41, 5.74) is 1.31. The lowest BCUT2D eigenvalue weighted by atomic mass is 9.82. The fourth-order valence-corrected chi connectivity index (χ4v) is 3.61. The predicted octanol–water partition coefficient (Wildman–Crippen LogP) is 3.39. The first kappa shape index (κ1) is 16.5. The zero-order valence-electron chi connectivity index (χ0n) is 14.2. The van der Waals surface area contributed by atoms with Crippen LogP contribution in [0, 0.1) is 11.8 Å². The van der Waals surface area contributed by atoms with Gasteiger partial charge in [0.1, 0.15) is 0 Å². The molecule has 1 aliphatic rings. The lowest BCUT2D eigenvalue weighted by Gasteiger charge is -2.30. The van der Waals surface area contributed by atoms with Gasteiger partial charge in [0.25, 0.3) is 0 Å². The second kappa shape index (κ2) is 7.41. The second-order valence-electron chi connectivity index (χ2n) is 6.39. The van der Waals surface area contributed by atoms with Gasteiger partial charge in [-0.25, -0.2) is 0 Å². The van der Waals surface area contributed by atoms with E-state index in [4.69, 9.17) is 4.74 Å². The third-order valence-electron chi connectivity index (χ3n) is 4.82. The number of rotatable bonds is 7. The summed E-state index contributed by atoms with van der Waals surface area (Å²) >= 11 is 0. The molecule has 1 fully saturated rings. The van der Waals surface area contributed by atoms with Gasteiger partial charge in [0, 0.05) is 18.7 Å². The number of hydrogen-bond acceptors (Lipinski definition) is 3. The minimum atomic E-state index is 0.286. The van der Waals surface area contributed by atoms with Gasteiger partial charge in [0.15, 0.2) is 0 Å². The smallest absolute Gasteiger partial charge is 0.0601 e. The van der Waals surface area contributed by atoms with E-state index in [0.29, 0.717) is 24.0 Å². The van der Waals surface area contributed by atoms with Crippen LogP contribution in [0.25, 0.3) is 0 Å². The Bertz CT molecular complexity index is 431. The van der Waals surface area contributed by atoms with Crippen molar-refractivity contribution in [1.82, 2.24) is 15.1 Å². The molecule has 4 heteroatoms. The van der Waals surface area contributed by atoms with Gasteiger partial charge >= 0.3 is 0 Å². The molecule has 0 bridgehead atoms. The van der Waals surface area contributed by atoms with Crippen molar-refractivity contribution < 1.29 is 4.74 Å². The SMILES string of the molecule is CCCNC(c1ccnn1CCC)C1C(C)OC(C)C1C. The highest BCUT2D eigenvalue weighted by Crippen LogP contribution is 2.40. The molecule has 1 N–H and O–H groups in total. The maximum Gasteiger partial charge on any atom is 0.0601 e. The van der Waals surface area contributed by atoms with E-state index in [2.05, 4.69) is 55.8 Å². The predicted molar refractivity (Wildman–Crippen MR) is 86.2 cm³/mol. The Hall–Kier alpha value is -0.870.